The molecule has 1 unspecified atom stereocenters. The van der Waals surface area contributed by atoms with E-state index in [9.17, 15) is 4.79 Å². The zero-order valence-electron chi connectivity index (χ0n) is 16.1. The Balaban J connectivity index is 1.53. The van der Waals surface area contributed by atoms with Crippen LogP contribution >= 0.6 is 11.3 Å². The molecule has 152 valence electrons. The number of carbonyl (C=O) groups excluding carboxylic acids is 1. The molecule has 1 atom stereocenters. The number of morpholine rings is 1. The zero-order chi connectivity index (χ0) is 19.6. The first-order valence-corrected chi connectivity index (χ1v) is 11.0. The molecular weight excluding hydrogens is 388 g/mol. The van der Waals surface area contributed by atoms with E-state index >= 15 is 0 Å². The highest BCUT2D eigenvalue weighted by Crippen LogP contribution is 2.31. The lowest BCUT2D eigenvalue weighted by Crippen LogP contribution is -2.53. The first-order valence-electron chi connectivity index (χ1n) is 10.1. The summed E-state index contributed by atoms with van der Waals surface area (Å²) in [6.45, 7) is 4.59. The summed E-state index contributed by atoms with van der Waals surface area (Å²) in [5, 5.41) is 7.12. The van der Waals surface area contributed by atoms with Crippen LogP contribution in [0.25, 0.3) is 10.2 Å². The van der Waals surface area contributed by atoms with Gasteiger partial charge >= 0.3 is 0 Å². The summed E-state index contributed by atoms with van der Waals surface area (Å²) < 4.78 is 6.50. The van der Waals surface area contributed by atoms with Crippen LogP contribution in [0.4, 0.5) is 0 Å². The van der Waals surface area contributed by atoms with Crippen LogP contribution in [-0.4, -0.2) is 73.0 Å². The van der Waals surface area contributed by atoms with E-state index in [1.807, 2.05) is 24.3 Å². The van der Waals surface area contributed by atoms with Gasteiger partial charge < -0.3 is 15.0 Å². The highest BCUT2D eigenvalue weighted by atomic mass is 32.1. The van der Waals surface area contributed by atoms with Crippen molar-refractivity contribution in [3.05, 3.63) is 29.3 Å². The van der Waals surface area contributed by atoms with Crippen molar-refractivity contribution < 1.29 is 9.53 Å². The number of amides is 1. The fraction of sp³-hybridized carbons (Fsp3) is 0.500. The third-order valence-corrected chi connectivity index (χ3v) is 6.57. The fourth-order valence-corrected chi connectivity index (χ4v) is 4.95. The second-order valence-electron chi connectivity index (χ2n) is 7.45. The van der Waals surface area contributed by atoms with Gasteiger partial charge in [-0.15, -0.1) is 11.3 Å². The van der Waals surface area contributed by atoms with Gasteiger partial charge in [-0.3, -0.25) is 15.1 Å². The number of thiazole rings is 1. The van der Waals surface area contributed by atoms with E-state index in [1.54, 1.807) is 11.3 Å². The average molecular weight is 413 g/mol. The molecule has 0 spiro atoms. The van der Waals surface area contributed by atoms with Crippen molar-refractivity contribution in [2.24, 2.45) is 9.98 Å². The smallest absolute Gasteiger partial charge is 0.244 e. The molecule has 0 saturated carbocycles. The summed E-state index contributed by atoms with van der Waals surface area (Å²) in [5.74, 6) is 0.504. The number of fused-ring (bicyclic) bond motifs is 1. The lowest BCUT2D eigenvalue weighted by Gasteiger charge is -2.33. The summed E-state index contributed by atoms with van der Waals surface area (Å²) in [4.78, 5) is 29.8. The quantitative estimate of drug-likeness (QED) is 0.777. The van der Waals surface area contributed by atoms with Crippen LogP contribution in [-0.2, 0) is 9.53 Å². The summed E-state index contributed by atoms with van der Waals surface area (Å²) in [6.07, 6.45) is 1.92. The summed E-state index contributed by atoms with van der Waals surface area (Å²) in [7, 11) is 0. The minimum Gasteiger partial charge on any atom is -0.378 e. The van der Waals surface area contributed by atoms with E-state index < -0.39 is 5.92 Å². The molecule has 3 aliphatic heterocycles. The van der Waals surface area contributed by atoms with Gasteiger partial charge in [0.1, 0.15) is 16.8 Å². The Morgan fingerprint density at radius 3 is 2.76 bits per heavy atom. The summed E-state index contributed by atoms with van der Waals surface area (Å²) in [5.41, 5.74) is 0.907. The van der Waals surface area contributed by atoms with Gasteiger partial charge in [-0.25, -0.2) is 4.98 Å². The summed E-state index contributed by atoms with van der Waals surface area (Å²) in [6, 6.07) is 8.14. The van der Waals surface area contributed by atoms with Crippen molar-refractivity contribution in [1.29, 1.82) is 0 Å². The SMILES string of the molecule is O=C1NC(N2CCOCC2)=NC(=NC2CCNCC2)C1c1nc2ccccc2s1. The number of hydrogen-bond donors (Lipinski definition) is 2. The molecule has 8 nitrogen and oxygen atoms in total. The number of guanidine groups is 1. The Kier molecular flexibility index (Phi) is 5.26. The number of carbonyl (C=O) groups is 1. The second-order valence-corrected chi connectivity index (χ2v) is 8.51. The first-order chi connectivity index (χ1) is 14.3. The molecule has 4 heterocycles. The van der Waals surface area contributed by atoms with Gasteiger partial charge in [-0.1, -0.05) is 12.1 Å². The molecule has 0 aliphatic carbocycles. The number of aromatic nitrogens is 1. The molecule has 3 aliphatic rings. The molecule has 1 aromatic carbocycles. The standard InChI is InChI=1S/C20H24N6O2S/c27-18-16(19-23-14-3-1-2-4-15(14)29-19)17(22-13-5-7-21-8-6-13)24-20(25-18)26-9-11-28-12-10-26/h1-4,13,16,21H,5-12H2,(H,22,24,25,27). The van der Waals surface area contributed by atoms with E-state index in [0.717, 1.165) is 41.2 Å². The maximum Gasteiger partial charge on any atom is 0.244 e. The van der Waals surface area contributed by atoms with Gasteiger partial charge in [0.15, 0.2) is 0 Å². The fourth-order valence-electron chi connectivity index (χ4n) is 3.89. The molecular formula is C20H24N6O2S. The molecule has 2 aromatic rings. The molecule has 2 saturated heterocycles. The molecule has 29 heavy (non-hydrogen) atoms. The van der Waals surface area contributed by atoms with Crippen molar-refractivity contribution in [1.82, 2.24) is 20.5 Å². The molecule has 2 N–H and O–H groups in total. The van der Waals surface area contributed by atoms with E-state index in [0.29, 0.717) is 38.1 Å². The largest absolute Gasteiger partial charge is 0.378 e. The number of para-hydroxylation sites is 1. The van der Waals surface area contributed by atoms with Gasteiger partial charge in [0, 0.05) is 13.1 Å². The Hall–Kier alpha value is -2.36. The molecule has 5 rings (SSSR count). The van der Waals surface area contributed by atoms with Crippen molar-refractivity contribution in [2.75, 3.05) is 39.4 Å². The number of benzene rings is 1. The van der Waals surface area contributed by atoms with Crippen LogP contribution in [0, 0.1) is 0 Å². The number of nitrogens with one attached hydrogen (secondary N) is 2. The zero-order valence-corrected chi connectivity index (χ0v) is 17.0. The number of hydrogen-bond acceptors (Lipinski definition) is 7. The van der Waals surface area contributed by atoms with Crippen LogP contribution in [0.15, 0.2) is 34.3 Å². The number of amidine groups is 1. The third-order valence-electron chi connectivity index (χ3n) is 5.47. The number of aliphatic imine (C=N–C) groups is 2. The number of nitrogens with zero attached hydrogens (tertiary/aromatic N) is 4. The van der Waals surface area contributed by atoms with Crippen molar-refractivity contribution in [2.45, 2.75) is 24.8 Å². The minimum atomic E-state index is -0.563. The second kappa shape index (κ2) is 8.17. The van der Waals surface area contributed by atoms with Gasteiger partial charge in [0.2, 0.25) is 11.9 Å². The maximum absolute atomic E-state index is 13.2. The molecule has 1 amide bonds. The Bertz CT molecular complexity index is 926. The van der Waals surface area contributed by atoms with E-state index in [4.69, 9.17) is 19.7 Å². The average Bonchev–Trinajstić information content (AvgIpc) is 3.18. The van der Waals surface area contributed by atoms with Crippen LogP contribution in [0.1, 0.15) is 23.8 Å². The topological polar surface area (TPSA) is 91.2 Å². The molecule has 0 radical (unpaired) electrons. The van der Waals surface area contributed by atoms with Crippen molar-refractivity contribution >= 4 is 39.3 Å². The summed E-state index contributed by atoms with van der Waals surface area (Å²) >= 11 is 1.54. The van der Waals surface area contributed by atoms with Crippen molar-refractivity contribution in [3.63, 3.8) is 0 Å². The van der Waals surface area contributed by atoms with Gasteiger partial charge in [-0.2, -0.15) is 4.99 Å². The first kappa shape index (κ1) is 18.7. The highest BCUT2D eigenvalue weighted by molar-refractivity contribution is 7.18. The van der Waals surface area contributed by atoms with Crippen LogP contribution in [0.2, 0.25) is 0 Å². The highest BCUT2D eigenvalue weighted by Gasteiger charge is 2.36. The van der Waals surface area contributed by atoms with Crippen LogP contribution in [0.5, 0.6) is 0 Å². The molecule has 0 bridgehead atoms. The normalized spacial score (nSPS) is 25.3. The molecule has 9 heteroatoms. The van der Waals surface area contributed by atoms with E-state index in [2.05, 4.69) is 15.5 Å². The minimum absolute atomic E-state index is 0.103. The number of ether oxygens (including phenoxy) is 1. The van der Waals surface area contributed by atoms with Crippen LogP contribution < -0.4 is 10.6 Å². The monoisotopic (exact) mass is 412 g/mol. The van der Waals surface area contributed by atoms with E-state index in [1.165, 1.54) is 0 Å². The number of rotatable bonds is 2. The van der Waals surface area contributed by atoms with Crippen molar-refractivity contribution in [3.8, 4) is 0 Å². The van der Waals surface area contributed by atoms with E-state index in [-0.39, 0.29) is 11.9 Å². The molecule has 2 fully saturated rings. The lowest BCUT2D eigenvalue weighted by atomic mass is 10.0. The Morgan fingerprint density at radius 1 is 1.17 bits per heavy atom. The van der Waals surface area contributed by atoms with Gasteiger partial charge in [0.25, 0.3) is 0 Å². The molecule has 1 aromatic heterocycles. The third kappa shape index (κ3) is 3.90. The van der Waals surface area contributed by atoms with Gasteiger partial charge in [-0.05, 0) is 38.1 Å². The Morgan fingerprint density at radius 2 is 1.97 bits per heavy atom. The Labute approximate surface area is 173 Å². The lowest BCUT2D eigenvalue weighted by molar-refractivity contribution is -0.120. The number of piperidine rings is 1. The predicted molar refractivity (Wildman–Crippen MR) is 114 cm³/mol. The predicted octanol–water partition coefficient (Wildman–Crippen LogP) is 1.35. The maximum atomic E-state index is 13.2. The van der Waals surface area contributed by atoms with Crippen LogP contribution in [0.3, 0.4) is 0 Å². The van der Waals surface area contributed by atoms with Gasteiger partial charge in [0.05, 0.1) is 29.5 Å².